The number of benzene rings is 2. The van der Waals surface area contributed by atoms with Gasteiger partial charge in [-0.3, -0.25) is 4.79 Å². The van der Waals surface area contributed by atoms with Crippen LogP contribution in [0, 0.1) is 0 Å². The van der Waals surface area contributed by atoms with E-state index in [1.54, 1.807) is 30.3 Å². The van der Waals surface area contributed by atoms with Gasteiger partial charge in [0.2, 0.25) is 5.91 Å². The molecular formula is C16H12BrCl3N2O2. The second-order valence-corrected chi connectivity index (χ2v) is 6.87. The number of hydrazone groups is 1. The molecule has 0 aliphatic rings. The molecule has 2 rings (SSSR count). The monoisotopic (exact) mass is 448 g/mol. The summed E-state index contributed by atoms with van der Waals surface area (Å²) in [6.07, 6.45) is 1.48. The van der Waals surface area contributed by atoms with Gasteiger partial charge >= 0.3 is 0 Å². The Kier molecular flexibility index (Phi) is 6.92. The third kappa shape index (κ3) is 5.38. The van der Waals surface area contributed by atoms with Gasteiger partial charge in [-0.25, -0.2) is 5.43 Å². The van der Waals surface area contributed by atoms with E-state index in [1.807, 2.05) is 0 Å². The smallest absolute Gasteiger partial charge is 0.236 e. The molecule has 1 N–H and O–H groups in total. The van der Waals surface area contributed by atoms with E-state index in [9.17, 15) is 4.79 Å². The molecule has 0 saturated carbocycles. The number of carbonyl (C=O) groups excluding carboxylic acids is 1. The highest BCUT2D eigenvalue weighted by atomic mass is 79.9. The summed E-state index contributed by atoms with van der Waals surface area (Å²) in [6.45, 7) is 1.62. The molecular weight excluding hydrogens is 438 g/mol. The first-order valence-corrected chi connectivity index (χ1v) is 8.65. The summed E-state index contributed by atoms with van der Waals surface area (Å²) in [5.41, 5.74) is 3.82. The number of ether oxygens (including phenoxy) is 1. The highest BCUT2D eigenvalue weighted by Gasteiger charge is 2.10. The third-order valence-corrected chi connectivity index (χ3v) is 4.30. The van der Waals surface area contributed by atoms with E-state index >= 15 is 0 Å². The van der Waals surface area contributed by atoms with Crippen LogP contribution in [0.2, 0.25) is 15.1 Å². The predicted molar refractivity (Wildman–Crippen MR) is 101 cm³/mol. The molecule has 2 aromatic rings. The molecule has 8 heteroatoms. The first-order valence-electron chi connectivity index (χ1n) is 6.72. The van der Waals surface area contributed by atoms with Crippen LogP contribution in [0.5, 0.6) is 5.75 Å². The molecule has 0 bridgehead atoms. The lowest BCUT2D eigenvalue weighted by atomic mass is 10.2. The molecule has 0 spiro atoms. The van der Waals surface area contributed by atoms with Gasteiger partial charge in [0.25, 0.3) is 0 Å². The number of rotatable bonds is 5. The standard InChI is InChI=1S/C16H12BrCl3N2O2/c1-9(23)22-21-7-10-4-13(17)16(15(20)5-10)24-8-11-2-3-12(18)6-14(11)19/h2-7H,8H2,1H3,(H,22,23)/b21-7-. The molecule has 2 aromatic carbocycles. The molecule has 24 heavy (non-hydrogen) atoms. The zero-order valence-electron chi connectivity index (χ0n) is 12.4. The predicted octanol–water partition coefficient (Wildman–Crippen LogP) is 5.46. The summed E-state index contributed by atoms with van der Waals surface area (Å²) in [5.74, 6) is 0.232. The maximum atomic E-state index is 10.8. The summed E-state index contributed by atoms with van der Waals surface area (Å²) < 4.78 is 6.41. The molecule has 0 fully saturated rings. The lowest BCUT2D eigenvalue weighted by molar-refractivity contribution is -0.118. The number of nitrogens with zero attached hydrogens (tertiary/aromatic N) is 1. The molecule has 4 nitrogen and oxygen atoms in total. The van der Waals surface area contributed by atoms with Crippen LogP contribution in [0.25, 0.3) is 0 Å². The van der Waals surface area contributed by atoms with Gasteiger partial charge in [-0.05, 0) is 45.8 Å². The highest BCUT2D eigenvalue weighted by molar-refractivity contribution is 9.10. The molecule has 126 valence electrons. The average Bonchev–Trinajstić information content (AvgIpc) is 2.48. The second kappa shape index (κ2) is 8.72. The van der Waals surface area contributed by atoms with Crippen molar-refractivity contribution >= 4 is 62.9 Å². The summed E-state index contributed by atoms with van der Waals surface area (Å²) in [6, 6.07) is 8.64. The lowest BCUT2D eigenvalue weighted by Gasteiger charge is -2.12. The number of nitrogens with one attached hydrogen (secondary N) is 1. The summed E-state index contributed by atoms with van der Waals surface area (Å²) >= 11 is 21.7. The highest BCUT2D eigenvalue weighted by Crippen LogP contribution is 2.35. The van der Waals surface area contributed by atoms with Gasteiger partial charge < -0.3 is 4.74 Å². The van der Waals surface area contributed by atoms with Gasteiger partial charge in [0.1, 0.15) is 6.61 Å². The van der Waals surface area contributed by atoms with Crippen molar-refractivity contribution in [1.29, 1.82) is 0 Å². The first-order chi connectivity index (χ1) is 11.4. The summed E-state index contributed by atoms with van der Waals surface area (Å²) in [5, 5.41) is 5.28. The van der Waals surface area contributed by atoms with Crippen molar-refractivity contribution in [2.45, 2.75) is 13.5 Å². The van der Waals surface area contributed by atoms with Gasteiger partial charge in [-0.1, -0.05) is 40.9 Å². The maximum Gasteiger partial charge on any atom is 0.236 e. The Morgan fingerprint density at radius 1 is 1.25 bits per heavy atom. The lowest BCUT2D eigenvalue weighted by Crippen LogP contribution is -2.12. The Hall–Kier alpha value is -1.27. The molecule has 0 radical (unpaired) electrons. The van der Waals surface area contributed by atoms with E-state index in [-0.39, 0.29) is 12.5 Å². The fraction of sp³-hybridized carbons (Fsp3) is 0.125. The number of carbonyl (C=O) groups is 1. The fourth-order valence-electron chi connectivity index (χ4n) is 1.78. The van der Waals surface area contributed by atoms with Crippen molar-refractivity contribution in [3.63, 3.8) is 0 Å². The Balaban J connectivity index is 2.13. The maximum absolute atomic E-state index is 10.8. The normalized spacial score (nSPS) is 10.9. The van der Waals surface area contributed by atoms with Gasteiger partial charge in [0.05, 0.1) is 15.7 Å². The van der Waals surface area contributed by atoms with Crippen LogP contribution >= 0.6 is 50.7 Å². The van der Waals surface area contributed by atoms with Gasteiger partial charge in [-0.15, -0.1) is 0 Å². The quantitative estimate of drug-likeness (QED) is 0.486. The minimum absolute atomic E-state index is 0.244. The van der Waals surface area contributed by atoms with Crippen molar-refractivity contribution in [3.8, 4) is 5.75 Å². The third-order valence-electron chi connectivity index (χ3n) is 2.84. The Morgan fingerprint density at radius 3 is 2.62 bits per heavy atom. The van der Waals surface area contributed by atoms with E-state index in [0.29, 0.717) is 30.9 Å². The first kappa shape index (κ1) is 19.1. The Bertz CT molecular complexity index is 774. The van der Waals surface area contributed by atoms with Gasteiger partial charge in [-0.2, -0.15) is 5.10 Å². The van der Waals surface area contributed by atoms with E-state index in [1.165, 1.54) is 13.1 Å². The minimum atomic E-state index is -0.254. The second-order valence-electron chi connectivity index (χ2n) is 4.76. The van der Waals surface area contributed by atoms with E-state index < -0.39 is 0 Å². The molecule has 0 unspecified atom stereocenters. The number of hydrogen-bond donors (Lipinski definition) is 1. The molecule has 0 heterocycles. The van der Waals surface area contributed by atoms with E-state index in [0.717, 1.165) is 5.56 Å². The largest absolute Gasteiger partial charge is 0.486 e. The zero-order chi connectivity index (χ0) is 17.7. The van der Waals surface area contributed by atoms with Crippen molar-refractivity contribution < 1.29 is 9.53 Å². The molecule has 0 atom stereocenters. The molecule has 0 saturated heterocycles. The van der Waals surface area contributed by atoms with Crippen LogP contribution in [-0.2, 0) is 11.4 Å². The Morgan fingerprint density at radius 2 is 2.00 bits per heavy atom. The summed E-state index contributed by atoms with van der Waals surface area (Å²) in [4.78, 5) is 10.8. The molecule has 0 aliphatic heterocycles. The van der Waals surface area contributed by atoms with Crippen LogP contribution in [0.15, 0.2) is 39.9 Å². The molecule has 1 amide bonds. The van der Waals surface area contributed by atoms with Crippen molar-refractivity contribution in [1.82, 2.24) is 5.43 Å². The summed E-state index contributed by atoms with van der Waals surface area (Å²) in [7, 11) is 0. The number of hydrogen-bond acceptors (Lipinski definition) is 3. The van der Waals surface area contributed by atoms with Crippen molar-refractivity contribution in [2.24, 2.45) is 5.10 Å². The molecule has 0 aromatic heterocycles. The Labute approximate surface area is 162 Å². The average molecular weight is 451 g/mol. The number of halogens is 4. The number of amides is 1. The van der Waals surface area contributed by atoms with Crippen LogP contribution in [0.4, 0.5) is 0 Å². The van der Waals surface area contributed by atoms with Crippen LogP contribution in [0.1, 0.15) is 18.1 Å². The van der Waals surface area contributed by atoms with E-state index in [2.05, 4.69) is 26.5 Å². The van der Waals surface area contributed by atoms with Crippen LogP contribution in [-0.4, -0.2) is 12.1 Å². The van der Waals surface area contributed by atoms with Crippen molar-refractivity contribution in [2.75, 3.05) is 0 Å². The van der Waals surface area contributed by atoms with Crippen LogP contribution < -0.4 is 10.2 Å². The fourth-order valence-corrected chi connectivity index (χ4v) is 3.23. The van der Waals surface area contributed by atoms with Gasteiger partial charge in [0.15, 0.2) is 5.75 Å². The molecule has 0 aliphatic carbocycles. The van der Waals surface area contributed by atoms with Gasteiger partial charge in [0, 0.05) is 22.5 Å². The minimum Gasteiger partial charge on any atom is -0.486 e. The zero-order valence-corrected chi connectivity index (χ0v) is 16.3. The van der Waals surface area contributed by atoms with Crippen LogP contribution in [0.3, 0.4) is 0 Å². The van der Waals surface area contributed by atoms with E-state index in [4.69, 9.17) is 39.5 Å². The topological polar surface area (TPSA) is 50.7 Å². The van der Waals surface area contributed by atoms with Crippen molar-refractivity contribution in [3.05, 3.63) is 61.0 Å². The SMILES string of the molecule is CC(=O)N/N=C\c1cc(Cl)c(OCc2ccc(Cl)cc2Cl)c(Br)c1.